The Kier molecular flexibility index (Phi) is 8.02. The van der Waals surface area contributed by atoms with Gasteiger partial charge in [-0.2, -0.15) is 0 Å². The summed E-state index contributed by atoms with van der Waals surface area (Å²) < 4.78 is -0.0695. The van der Waals surface area contributed by atoms with Gasteiger partial charge in [-0.25, -0.2) is 0 Å². The van der Waals surface area contributed by atoms with Gasteiger partial charge in [0, 0.05) is 0 Å². The molecule has 0 radical (unpaired) electrons. The van der Waals surface area contributed by atoms with Crippen LogP contribution < -0.4 is 0 Å². The van der Waals surface area contributed by atoms with Crippen LogP contribution in [-0.4, -0.2) is 4.69 Å². The zero-order valence-corrected chi connectivity index (χ0v) is 8.75. The molecule has 0 aromatic rings. The first-order valence-corrected chi connectivity index (χ1v) is 4.70. The van der Waals surface area contributed by atoms with E-state index >= 15 is 0 Å². The van der Waals surface area contributed by atoms with Gasteiger partial charge in [0.15, 0.2) is 0 Å². The summed E-state index contributed by atoms with van der Waals surface area (Å²) in [5.41, 5.74) is 0. The van der Waals surface area contributed by atoms with Crippen molar-refractivity contribution in [2.45, 2.75) is 19.8 Å². The molecular formula is C10H13BrO. The molecule has 66 valence electrons. The first-order chi connectivity index (χ1) is 5.77. The topological polar surface area (TPSA) is 17.1 Å². The average Bonchev–Trinajstić information content (AvgIpc) is 2.02. The molecule has 0 aromatic heterocycles. The van der Waals surface area contributed by atoms with Crippen molar-refractivity contribution >= 4 is 20.6 Å². The van der Waals surface area contributed by atoms with Gasteiger partial charge in [-0.15, -0.1) is 0 Å². The molecule has 1 nitrogen and oxygen atoms in total. The Morgan fingerprint density at radius 2 is 1.92 bits per heavy atom. The highest BCUT2D eigenvalue weighted by Crippen LogP contribution is 1.95. The Labute approximate surface area is 82.0 Å². The van der Waals surface area contributed by atoms with Gasteiger partial charge in [-0.1, -0.05) is 30.4 Å². The smallest absolute Gasteiger partial charge is 0.220 e. The number of carbonyl (C=O) groups is 1. The Morgan fingerprint density at radius 3 is 2.50 bits per heavy atom. The molecule has 0 rings (SSSR count). The predicted molar refractivity (Wildman–Crippen MR) is 56.3 cm³/mol. The second-order valence-electron chi connectivity index (χ2n) is 2.24. The van der Waals surface area contributed by atoms with Crippen molar-refractivity contribution in [3.63, 3.8) is 0 Å². The minimum Gasteiger partial charge on any atom is -0.282 e. The molecule has 0 unspecified atom stereocenters. The van der Waals surface area contributed by atoms with Crippen molar-refractivity contribution in [3.05, 3.63) is 36.5 Å². The SMILES string of the molecule is C/C=C/C=C/CC/C=C/C(=O)Br. The molecule has 0 aliphatic rings. The second kappa shape index (κ2) is 8.47. The summed E-state index contributed by atoms with van der Waals surface area (Å²) in [6, 6.07) is 0. The van der Waals surface area contributed by atoms with Crippen molar-refractivity contribution in [3.8, 4) is 0 Å². The third-order valence-corrected chi connectivity index (χ3v) is 1.45. The van der Waals surface area contributed by atoms with Gasteiger partial charge >= 0.3 is 0 Å². The van der Waals surface area contributed by atoms with E-state index in [-0.39, 0.29) is 4.69 Å². The summed E-state index contributed by atoms with van der Waals surface area (Å²) in [7, 11) is 0. The second-order valence-corrected chi connectivity index (χ2v) is 3.02. The predicted octanol–water partition coefficient (Wildman–Crippen LogP) is 3.38. The van der Waals surface area contributed by atoms with E-state index in [9.17, 15) is 4.79 Å². The molecule has 0 aromatic carbocycles. The van der Waals surface area contributed by atoms with Crippen LogP contribution in [0.2, 0.25) is 0 Å². The number of hydrogen-bond acceptors (Lipinski definition) is 1. The lowest BCUT2D eigenvalue weighted by molar-refractivity contribution is -0.106. The van der Waals surface area contributed by atoms with E-state index in [0.29, 0.717) is 0 Å². The molecule has 0 spiro atoms. The first kappa shape index (κ1) is 11.4. The molecular weight excluding hydrogens is 216 g/mol. The largest absolute Gasteiger partial charge is 0.282 e. The molecule has 0 fully saturated rings. The number of rotatable bonds is 5. The van der Waals surface area contributed by atoms with Crippen LogP contribution in [0.5, 0.6) is 0 Å². The zero-order valence-electron chi connectivity index (χ0n) is 7.16. The van der Waals surface area contributed by atoms with E-state index in [4.69, 9.17) is 0 Å². The van der Waals surface area contributed by atoms with Gasteiger partial charge in [0.05, 0.1) is 0 Å². The normalized spacial score (nSPS) is 12.2. The summed E-state index contributed by atoms with van der Waals surface area (Å²) in [6.45, 7) is 1.98. The molecule has 2 heteroatoms. The van der Waals surface area contributed by atoms with Gasteiger partial charge in [-0.3, -0.25) is 4.79 Å². The number of allylic oxidation sites excluding steroid dienone is 6. The minimum atomic E-state index is -0.0695. The lowest BCUT2D eigenvalue weighted by Crippen LogP contribution is -1.73. The molecule has 0 saturated carbocycles. The quantitative estimate of drug-likeness (QED) is 0.305. The minimum absolute atomic E-state index is 0.0695. The fourth-order valence-electron chi connectivity index (χ4n) is 0.654. The summed E-state index contributed by atoms with van der Waals surface area (Å²) in [5.74, 6) is 0. The number of unbranched alkanes of at least 4 members (excludes halogenated alkanes) is 1. The fourth-order valence-corrected chi connectivity index (χ4v) is 0.841. The molecule has 0 saturated heterocycles. The molecule has 0 N–H and O–H groups in total. The van der Waals surface area contributed by atoms with E-state index < -0.39 is 0 Å². The Morgan fingerprint density at radius 1 is 1.25 bits per heavy atom. The molecule has 0 aliphatic heterocycles. The van der Waals surface area contributed by atoms with Gasteiger partial charge in [0.2, 0.25) is 4.69 Å². The Balaban J connectivity index is 3.38. The monoisotopic (exact) mass is 228 g/mol. The van der Waals surface area contributed by atoms with Crippen LogP contribution in [0.15, 0.2) is 36.5 Å². The maximum atomic E-state index is 10.4. The van der Waals surface area contributed by atoms with E-state index in [1.165, 1.54) is 6.08 Å². The van der Waals surface area contributed by atoms with Crippen LogP contribution in [0.3, 0.4) is 0 Å². The first-order valence-electron chi connectivity index (χ1n) is 3.91. The van der Waals surface area contributed by atoms with Crippen LogP contribution in [0.1, 0.15) is 19.8 Å². The molecule has 0 bridgehead atoms. The van der Waals surface area contributed by atoms with E-state index in [1.54, 1.807) is 0 Å². The van der Waals surface area contributed by atoms with E-state index in [2.05, 4.69) is 22.0 Å². The highest BCUT2D eigenvalue weighted by Gasteiger charge is 1.82. The molecule has 12 heavy (non-hydrogen) atoms. The maximum Gasteiger partial charge on any atom is 0.220 e. The molecule has 0 heterocycles. The Bertz CT molecular complexity index is 202. The maximum absolute atomic E-state index is 10.4. The van der Waals surface area contributed by atoms with Crippen molar-refractivity contribution in [2.24, 2.45) is 0 Å². The van der Waals surface area contributed by atoms with Crippen molar-refractivity contribution in [1.82, 2.24) is 0 Å². The fraction of sp³-hybridized carbons (Fsp3) is 0.300. The number of hydrogen-bond donors (Lipinski definition) is 0. The van der Waals surface area contributed by atoms with Gasteiger partial charge in [0.25, 0.3) is 0 Å². The van der Waals surface area contributed by atoms with Crippen molar-refractivity contribution in [2.75, 3.05) is 0 Å². The highest BCUT2D eigenvalue weighted by atomic mass is 79.9. The van der Waals surface area contributed by atoms with Crippen molar-refractivity contribution < 1.29 is 4.79 Å². The lowest BCUT2D eigenvalue weighted by atomic mass is 10.2. The zero-order chi connectivity index (χ0) is 9.23. The summed E-state index contributed by atoms with van der Waals surface area (Å²) in [5, 5.41) is 0. The van der Waals surface area contributed by atoms with Crippen LogP contribution >= 0.6 is 15.9 Å². The van der Waals surface area contributed by atoms with E-state index in [1.807, 2.05) is 31.2 Å². The van der Waals surface area contributed by atoms with Gasteiger partial charge in [0.1, 0.15) is 0 Å². The average molecular weight is 229 g/mol. The standard InChI is InChI=1S/C10H13BrO/c1-2-3-4-5-6-7-8-9-10(11)12/h2-5,8-9H,6-7H2,1H3/b3-2+,5-4+,9-8+. The summed E-state index contributed by atoms with van der Waals surface area (Å²) in [4.78, 5) is 10.4. The van der Waals surface area contributed by atoms with Crippen LogP contribution in [-0.2, 0) is 4.79 Å². The summed E-state index contributed by atoms with van der Waals surface area (Å²) in [6.07, 6.45) is 13.3. The van der Waals surface area contributed by atoms with Crippen LogP contribution in [0.4, 0.5) is 0 Å². The summed E-state index contributed by atoms with van der Waals surface area (Å²) >= 11 is 2.81. The molecule has 0 amide bonds. The molecule has 0 atom stereocenters. The third kappa shape index (κ3) is 9.37. The highest BCUT2D eigenvalue weighted by molar-refractivity contribution is 9.18. The molecule has 0 aliphatic carbocycles. The third-order valence-electron chi connectivity index (χ3n) is 1.19. The lowest BCUT2D eigenvalue weighted by Gasteiger charge is -1.83. The van der Waals surface area contributed by atoms with E-state index in [0.717, 1.165) is 12.8 Å². The van der Waals surface area contributed by atoms with Crippen molar-refractivity contribution in [1.29, 1.82) is 0 Å². The van der Waals surface area contributed by atoms with Crippen LogP contribution in [0, 0.1) is 0 Å². The van der Waals surface area contributed by atoms with Gasteiger partial charge < -0.3 is 0 Å². The van der Waals surface area contributed by atoms with Crippen LogP contribution in [0.25, 0.3) is 0 Å². The number of halogens is 1. The number of carbonyl (C=O) groups excluding carboxylic acids is 1. The van der Waals surface area contributed by atoms with Gasteiger partial charge in [-0.05, 0) is 41.8 Å². The Hall–Kier alpha value is -0.630.